The van der Waals surface area contributed by atoms with Crippen molar-refractivity contribution in [2.75, 3.05) is 11.9 Å². The van der Waals surface area contributed by atoms with E-state index < -0.39 is 0 Å². The molecule has 0 saturated heterocycles. The van der Waals surface area contributed by atoms with Crippen molar-refractivity contribution in [3.05, 3.63) is 29.8 Å². The van der Waals surface area contributed by atoms with Crippen LogP contribution in [-0.2, 0) is 9.53 Å². The fourth-order valence-corrected chi connectivity index (χ4v) is 2.12. The molecule has 0 heterocycles. The molecule has 1 rings (SSSR count). The van der Waals surface area contributed by atoms with Crippen LogP contribution in [0.5, 0.6) is 0 Å². The molecule has 4 heteroatoms. The van der Waals surface area contributed by atoms with Crippen LogP contribution in [-0.4, -0.2) is 18.5 Å². The zero-order valence-electron chi connectivity index (χ0n) is 13.1. The molecule has 0 aliphatic heterocycles. The van der Waals surface area contributed by atoms with Gasteiger partial charge in [0, 0.05) is 11.6 Å². The standard InChI is InChI=1S/C17H25NO3/c1-4-7-8-13(5-2)16(19)18-15-11-9-14(10-12-15)17(20)21-6-3/h9-13H,4-8H2,1-3H3,(H,18,19). The minimum Gasteiger partial charge on any atom is -0.462 e. The third kappa shape index (κ3) is 5.58. The molecule has 21 heavy (non-hydrogen) atoms. The van der Waals surface area contributed by atoms with Gasteiger partial charge in [-0.05, 0) is 44.0 Å². The largest absolute Gasteiger partial charge is 0.462 e. The summed E-state index contributed by atoms with van der Waals surface area (Å²) in [4.78, 5) is 23.7. The highest BCUT2D eigenvalue weighted by Crippen LogP contribution is 2.17. The van der Waals surface area contributed by atoms with E-state index in [0.717, 1.165) is 25.7 Å². The van der Waals surface area contributed by atoms with Gasteiger partial charge in [0.25, 0.3) is 0 Å². The monoisotopic (exact) mass is 291 g/mol. The molecule has 0 aliphatic carbocycles. The second-order valence-corrected chi connectivity index (χ2v) is 5.03. The summed E-state index contributed by atoms with van der Waals surface area (Å²) in [6, 6.07) is 6.80. The number of esters is 1. The summed E-state index contributed by atoms with van der Waals surface area (Å²) in [5, 5.41) is 2.91. The third-order valence-corrected chi connectivity index (χ3v) is 3.43. The topological polar surface area (TPSA) is 55.4 Å². The molecule has 1 aromatic rings. The lowest BCUT2D eigenvalue weighted by atomic mass is 9.98. The number of hydrogen-bond donors (Lipinski definition) is 1. The summed E-state index contributed by atoms with van der Waals surface area (Å²) in [5.41, 5.74) is 1.20. The predicted octanol–water partition coefficient (Wildman–Crippen LogP) is 4.02. The van der Waals surface area contributed by atoms with Gasteiger partial charge in [-0.3, -0.25) is 4.79 Å². The third-order valence-electron chi connectivity index (χ3n) is 3.43. The Kier molecular flexibility index (Phi) is 7.51. The molecule has 4 nitrogen and oxygen atoms in total. The Morgan fingerprint density at radius 1 is 1.14 bits per heavy atom. The SMILES string of the molecule is CCCCC(CC)C(=O)Nc1ccc(C(=O)OCC)cc1. The number of nitrogens with one attached hydrogen (secondary N) is 1. The van der Waals surface area contributed by atoms with Gasteiger partial charge in [0.15, 0.2) is 0 Å². The van der Waals surface area contributed by atoms with Gasteiger partial charge >= 0.3 is 5.97 Å². The predicted molar refractivity (Wildman–Crippen MR) is 84.3 cm³/mol. The molecule has 0 bridgehead atoms. The molecule has 0 aliphatic rings. The molecule has 1 atom stereocenters. The smallest absolute Gasteiger partial charge is 0.338 e. The lowest BCUT2D eigenvalue weighted by Crippen LogP contribution is -2.22. The average molecular weight is 291 g/mol. The van der Waals surface area contributed by atoms with E-state index in [0.29, 0.717) is 17.9 Å². The fraction of sp³-hybridized carbons (Fsp3) is 0.529. The zero-order chi connectivity index (χ0) is 15.7. The van der Waals surface area contributed by atoms with Crippen molar-refractivity contribution in [2.45, 2.75) is 46.5 Å². The van der Waals surface area contributed by atoms with Crippen LogP contribution in [0.3, 0.4) is 0 Å². The number of ether oxygens (including phenoxy) is 1. The van der Waals surface area contributed by atoms with Gasteiger partial charge in [0.1, 0.15) is 0 Å². The van der Waals surface area contributed by atoms with Gasteiger partial charge in [0.05, 0.1) is 12.2 Å². The van der Waals surface area contributed by atoms with Crippen LogP contribution in [0.2, 0.25) is 0 Å². The van der Waals surface area contributed by atoms with Crippen LogP contribution in [0, 0.1) is 5.92 Å². The van der Waals surface area contributed by atoms with Crippen molar-refractivity contribution < 1.29 is 14.3 Å². The van der Waals surface area contributed by atoms with Crippen LogP contribution in [0.25, 0.3) is 0 Å². The summed E-state index contributed by atoms with van der Waals surface area (Å²) in [6.07, 6.45) is 3.91. The Hall–Kier alpha value is -1.84. The molecule has 0 fully saturated rings. The molecule has 1 unspecified atom stereocenters. The first-order valence-corrected chi connectivity index (χ1v) is 7.70. The van der Waals surface area contributed by atoms with Crippen molar-refractivity contribution in [3.63, 3.8) is 0 Å². The van der Waals surface area contributed by atoms with Gasteiger partial charge in [0.2, 0.25) is 5.91 Å². The number of carbonyl (C=O) groups excluding carboxylic acids is 2. The average Bonchev–Trinajstić information content (AvgIpc) is 2.49. The summed E-state index contributed by atoms with van der Waals surface area (Å²) >= 11 is 0. The van der Waals surface area contributed by atoms with E-state index in [-0.39, 0.29) is 17.8 Å². The molecular formula is C17H25NO3. The normalized spacial score (nSPS) is 11.8. The van der Waals surface area contributed by atoms with Crippen LogP contribution < -0.4 is 5.32 Å². The van der Waals surface area contributed by atoms with E-state index in [1.165, 1.54) is 0 Å². The highest BCUT2D eigenvalue weighted by atomic mass is 16.5. The van der Waals surface area contributed by atoms with Crippen LogP contribution in [0.15, 0.2) is 24.3 Å². The number of rotatable bonds is 8. The minimum atomic E-state index is -0.343. The first-order chi connectivity index (χ1) is 10.1. The Morgan fingerprint density at radius 2 is 1.81 bits per heavy atom. The summed E-state index contributed by atoms with van der Waals surface area (Å²) in [5.74, 6) is -0.241. The summed E-state index contributed by atoms with van der Waals surface area (Å²) < 4.78 is 4.92. The number of benzene rings is 1. The van der Waals surface area contributed by atoms with E-state index in [2.05, 4.69) is 12.2 Å². The molecule has 0 radical (unpaired) electrons. The molecule has 0 saturated carbocycles. The molecule has 116 valence electrons. The minimum absolute atomic E-state index is 0.0506. The molecule has 1 N–H and O–H groups in total. The first kappa shape index (κ1) is 17.2. The highest BCUT2D eigenvalue weighted by Gasteiger charge is 2.16. The van der Waals surface area contributed by atoms with E-state index in [1.807, 2.05) is 6.92 Å². The van der Waals surface area contributed by atoms with Crippen LogP contribution in [0.4, 0.5) is 5.69 Å². The molecule has 0 spiro atoms. The maximum absolute atomic E-state index is 12.2. The van der Waals surface area contributed by atoms with Crippen molar-refractivity contribution >= 4 is 17.6 Å². The van der Waals surface area contributed by atoms with Crippen LogP contribution >= 0.6 is 0 Å². The van der Waals surface area contributed by atoms with Gasteiger partial charge in [-0.1, -0.05) is 26.7 Å². The van der Waals surface area contributed by atoms with E-state index in [4.69, 9.17) is 4.74 Å². The lowest BCUT2D eigenvalue weighted by molar-refractivity contribution is -0.120. The quantitative estimate of drug-likeness (QED) is 0.736. The van der Waals surface area contributed by atoms with Crippen molar-refractivity contribution in [1.29, 1.82) is 0 Å². The number of carbonyl (C=O) groups is 2. The number of anilines is 1. The number of amides is 1. The molecule has 1 amide bonds. The Labute approximate surface area is 126 Å². The number of unbranched alkanes of at least 4 members (excludes halogenated alkanes) is 1. The zero-order valence-corrected chi connectivity index (χ0v) is 13.1. The highest BCUT2D eigenvalue weighted by molar-refractivity contribution is 5.94. The van der Waals surface area contributed by atoms with Crippen LogP contribution in [0.1, 0.15) is 56.8 Å². The molecule has 1 aromatic carbocycles. The van der Waals surface area contributed by atoms with Gasteiger partial charge < -0.3 is 10.1 Å². The van der Waals surface area contributed by atoms with Crippen molar-refractivity contribution in [2.24, 2.45) is 5.92 Å². The van der Waals surface area contributed by atoms with Gasteiger partial charge in [-0.15, -0.1) is 0 Å². The number of hydrogen-bond acceptors (Lipinski definition) is 3. The van der Waals surface area contributed by atoms with Gasteiger partial charge in [-0.25, -0.2) is 4.79 Å². The summed E-state index contributed by atoms with van der Waals surface area (Å²) in [7, 11) is 0. The maximum atomic E-state index is 12.2. The Bertz CT molecular complexity index is 454. The Morgan fingerprint density at radius 3 is 2.33 bits per heavy atom. The van der Waals surface area contributed by atoms with Crippen molar-refractivity contribution in [1.82, 2.24) is 0 Å². The maximum Gasteiger partial charge on any atom is 0.338 e. The lowest BCUT2D eigenvalue weighted by Gasteiger charge is -2.14. The van der Waals surface area contributed by atoms with Crippen molar-refractivity contribution in [3.8, 4) is 0 Å². The van der Waals surface area contributed by atoms with E-state index in [9.17, 15) is 9.59 Å². The van der Waals surface area contributed by atoms with E-state index >= 15 is 0 Å². The second-order valence-electron chi connectivity index (χ2n) is 5.03. The molecular weight excluding hydrogens is 266 g/mol. The Balaban J connectivity index is 2.62. The first-order valence-electron chi connectivity index (χ1n) is 7.70. The summed E-state index contributed by atoms with van der Waals surface area (Å²) in [6.45, 7) is 6.28. The molecule has 0 aromatic heterocycles. The fourth-order valence-electron chi connectivity index (χ4n) is 2.12. The second kappa shape index (κ2) is 9.16. The van der Waals surface area contributed by atoms with E-state index in [1.54, 1.807) is 31.2 Å². The van der Waals surface area contributed by atoms with Gasteiger partial charge in [-0.2, -0.15) is 0 Å².